The number of rotatable bonds is 5. The second-order valence-electron chi connectivity index (χ2n) is 5.61. The number of fused-ring (bicyclic) bond motifs is 1. The number of thiophene rings is 1. The van der Waals surface area contributed by atoms with Crippen LogP contribution in [0.25, 0.3) is 0 Å². The summed E-state index contributed by atoms with van der Waals surface area (Å²) in [5, 5.41) is 17.4. The highest BCUT2D eigenvalue weighted by molar-refractivity contribution is 7.10. The predicted octanol–water partition coefficient (Wildman–Crippen LogP) is 2.33. The topological polar surface area (TPSA) is 70.6 Å². The molecule has 2 atom stereocenters. The van der Waals surface area contributed by atoms with Gasteiger partial charge >= 0.3 is 6.03 Å². The van der Waals surface area contributed by atoms with E-state index in [4.69, 9.17) is 4.74 Å². The minimum absolute atomic E-state index is 0.205. The fraction of sp³-hybridized carbons (Fsp3) is 0.353. The number of para-hydroxylation sites is 1. The van der Waals surface area contributed by atoms with Gasteiger partial charge in [-0.3, -0.25) is 0 Å². The van der Waals surface area contributed by atoms with Gasteiger partial charge in [0.05, 0.1) is 13.2 Å². The Morgan fingerprint density at radius 2 is 2.17 bits per heavy atom. The number of amides is 2. The molecule has 0 bridgehead atoms. The molecule has 2 unspecified atom stereocenters. The van der Waals surface area contributed by atoms with Gasteiger partial charge in [0.2, 0.25) is 0 Å². The number of nitrogens with one attached hydrogen (secondary N) is 2. The third kappa shape index (κ3) is 4.24. The number of hydrogen-bond acceptors (Lipinski definition) is 4. The smallest absolute Gasteiger partial charge is 0.314 e. The van der Waals surface area contributed by atoms with Crippen LogP contribution in [0.3, 0.4) is 0 Å². The van der Waals surface area contributed by atoms with Crippen molar-refractivity contribution in [3.05, 3.63) is 52.2 Å². The molecule has 2 heterocycles. The number of aliphatic hydroxyl groups excluding tert-OH is 1. The van der Waals surface area contributed by atoms with Gasteiger partial charge < -0.3 is 20.5 Å². The zero-order valence-electron chi connectivity index (χ0n) is 12.7. The zero-order chi connectivity index (χ0) is 16.1. The fourth-order valence-corrected chi connectivity index (χ4v) is 3.30. The summed E-state index contributed by atoms with van der Waals surface area (Å²) < 4.78 is 5.71. The number of ether oxygens (including phenoxy) is 1. The number of hydrogen-bond donors (Lipinski definition) is 3. The molecule has 0 radical (unpaired) electrons. The van der Waals surface area contributed by atoms with Crippen molar-refractivity contribution < 1.29 is 14.6 Å². The Labute approximate surface area is 139 Å². The van der Waals surface area contributed by atoms with E-state index in [1.165, 1.54) is 16.9 Å². The van der Waals surface area contributed by atoms with Gasteiger partial charge in [0.15, 0.2) is 0 Å². The van der Waals surface area contributed by atoms with Gasteiger partial charge in [-0.05, 0) is 29.5 Å². The van der Waals surface area contributed by atoms with Crippen LogP contribution >= 0.6 is 11.3 Å². The van der Waals surface area contributed by atoms with Crippen LogP contribution in [0, 0.1) is 5.92 Å². The van der Waals surface area contributed by atoms with Crippen LogP contribution in [0.15, 0.2) is 41.8 Å². The molecule has 0 spiro atoms. The van der Waals surface area contributed by atoms with E-state index in [9.17, 15) is 9.90 Å². The first-order valence-electron chi connectivity index (χ1n) is 7.66. The molecule has 3 N–H and O–H groups in total. The monoisotopic (exact) mass is 332 g/mol. The molecule has 23 heavy (non-hydrogen) atoms. The maximum Gasteiger partial charge on any atom is 0.314 e. The standard InChI is InChI=1S/C17H20N2O3S/c20-14(16-6-3-7-23-16)10-19-17(21)18-9-12-8-13-4-1-2-5-15(13)22-11-12/h1-7,12,14,20H,8-11H2,(H2,18,19,21). The Morgan fingerprint density at radius 1 is 1.30 bits per heavy atom. The lowest BCUT2D eigenvalue weighted by Gasteiger charge is -2.25. The average Bonchev–Trinajstić information content (AvgIpc) is 3.12. The molecule has 0 aliphatic carbocycles. The Morgan fingerprint density at radius 3 is 3.00 bits per heavy atom. The summed E-state index contributed by atoms with van der Waals surface area (Å²) in [6.45, 7) is 1.36. The Bertz CT molecular complexity index is 645. The van der Waals surface area contributed by atoms with E-state index in [0.717, 1.165) is 17.0 Å². The highest BCUT2D eigenvalue weighted by Crippen LogP contribution is 2.26. The first kappa shape index (κ1) is 15.8. The average molecular weight is 332 g/mol. The highest BCUT2D eigenvalue weighted by Gasteiger charge is 2.20. The first-order valence-corrected chi connectivity index (χ1v) is 8.54. The molecule has 1 aromatic heterocycles. The molecule has 1 aliphatic heterocycles. The number of carbonyl (C=O) groups is 1. The molecule has 1 aromatic carbocycles. The van der Waals surface area contributed by atoms with Crippen molar-refractivity contribution in [2.24, 2.45) is 5.92 Å². The van der Waals surface area contributed by atoms with E-state index in [0.29, 0.717) is 13.2 Å². The summed E-state index contributed by atoms with van der Waals surface area (Å²) in [6.07, 6.45) is 0.236. The second kappa shape index (κ2) is 7.48. The van der Waals surface area contributed by atoms with Crippen molar-refractivity contribution in [2.45, 2.75) is 12.5 Å². The van der Waals surface area contributed by atoms with Crippen LogP contribution in [-0.4, -0.2) is 30.8 Å². The van der Waals surface area contributed by atoms with Crippen LogP contribution in [0.2, 0.25) is 0 Å². The van der Waals surface area contributed by atoms with E-state index < -0.39 is 6.10 Å². The van der Waals surface area contributed by atoms with Crippen LogP contribution in [0.1, 0.15) is 16.5 Å². The van der Waals surface area contributed by atoms with Crippen molar-refractivity contribution in [1.82, 2.24) is 10.6 Å². The van der Waals surface area contributed by atoms with Crippen molar-refractivity contribution in [1.29, 1.82) is 0 Å². The van der Waals surface area contributed by atoms with E-state index in [1.807, 2.05) is 35.7 Å². The number of benzene rings is 1. The van der Waals surface area contributed by atoms with E-state index >= 15 is 0 Å². The molecule has 0 saturated carbocycles. The molecule has 122 valence electrons. The van der Waals surface area contributed by atoms with Gasteiger partial charge in [-0.2, -0.15) is 0 Å². The normalized spacial score (nSPS) is 17.7. The van der Waals surface area contributed by atoms with Crippen LogP contribution in [0.5, 0.6) is 5.75 Å². The zero-order valence-corrected chi connectivity index (χ0v) is 13.5. The summed E-state index contributed by atoms with van der Waals surface area (Å²) in [4.78, 5) is 12.7. The van der Waals surface area contributed by atoms with Crippen molar-refractivity contribution in [2.75, 3.05) is 19.7 Å². The van der Waals surface area contributed by atoms with Gasteiger partial charge in [0, 0.05) is 17.3 Å². The van der Waals surface area contributed by atoms with Crippen LogP contribution in [0.4, 0.5) is 4.79 Å². The fourth-order valence-electron chi connectivity index (χ4n) is 2.59. The highest BCUT2D eigenvalue weighted by atomic mass is 32.1. The Hall–Kier alpha value is -2.05. The lowest BCUT2D eigenvalue weighted by Crippen LogP contribution is -2.41. The first-order chi connectivity index (χ1) is 11.2. The molecule has 1 aliphatic rings. The quantitative estimate of drug-likeness (QED) is 0.787. The minimum Gasteiger partial charge on any atom is -0.493 e. The van der Waals surface area contributed by atoms with E-state index in [1.54, 1.807) is 0 Å². The SMILES string of the molecule is O=C(NCC1COc2ccccc2C1)NCC(O)c1cccs1. The van der Waals surface area contributed by atoms with Gasteiger partial charge in [-0.25, -0.2) is 4.79 Å². The molecular weight excluding hydrogens is 312 g/mol. The van der Waals surface area contributed by atoms with E-state index in [-0.39, 0.29) is 18.5 Å². The molecule has 2 aromatic rings. The maximum atomic E-state index is 11.8. The Balaban J connectivity index is 1.40. The molecular formula is C17H20N2O3S. The summed E-state index contributed by atoms with van der Waals surface area (Å²) in [5.74, 6) is 1.20. The van der Waals surface area contributed by atoms with Crippen LogP contribution < -0.4 is 15.4 Å². The van der Waals surface area contributed by atoms with Crippen molar-refractivity contribution in [3.8, 4) is 5.75 Å². The Kier molecular flexibility index (Phi) is 5.15. The summed E-state index contributed by atoms with van der Waals surface area (Å²) >= 11 is 1.47. The molecule has 2 amide bonds. The predicted molar refractivity (Wildman–Crippen MR) is 89.8 cm³/mol. The maximum absolute atomic E-state index is 11.8. The third-order valence-electron chi connectivity index (χ3n) is 3.83. The van der Waals surface area contributed by atoms with E-state index in [2.05, 4.69) is 16.7 Å². The molecule has 0 fully saturated rings. The van der Waals surface area contributed by atoms with Gasteiger partial charge in [0.25, 0.3) is 0 Å². The van der Waals surface area contributed by atoms with Crippen LogP contribution in [-0.2, 0) is 6.42 Å². The third-order valence-corrected chi connectivity index (χ3v) is 4.81. The van der Waals surface area contributed by atoms with Crippen molar-refractivity contribution in [3.63, 3.8) is 0 Å². The second-order valence-corrected chi connectivity index (χ2v) is 6.59. The summed E-state index contributed by atoms with van der Waals surface area (Å²) in [6, 6.07) is 11.5. The molecule has 5 nitrogen and oxygen atoms in total. The van der Waals surface area contributed by atoms with Gasteiger partial charge in [-0.15, -0.1) is 11.3 Å². The lowest BCUT2D eigenvalue weighted by molar-refractivity contribution is 0.175. The molecule has 6 heteroatoms. The number of urea groups is 1. The molecule has 3 rings (SSSR count). The number of carbonyl (C=O) groups excluding carboxylic acids is 1. The lowest BCUT2D eigenvalue weighted by atomic mass is 9.97. The summed E-state index contributed by atoms with van der Waals surface area (Å²) in [7, 11) is 0. The minimum atomic E-state index is -0.661. The summed E-state index contributed by atoms with van der Waals surface area (Å²) in [5.41, 5.74) is 1.18. The largest absolute Gasteiger partial charge is 0.493 e. The molecule has 0 saturated heterocycles. The number of aliphatic hydroxyl groups is 1. The van der Waals surface area contributed by atoms with Gasteiger partial charge in [0.1, 0.15) is 11.9 Å². The van der Waals surface area contributed by atoms with Crippen molar-refractivity contribution >= 4 is 17.4 Å². The van der Waals surface area contributed by atoms with Gasteiger partial charge in [-0.1, -0.05) is 24.3 Å².